The summed E-state index contributed by atoms with van der Waals surface area (Å²) in [7, 11) is 0. The Balaban J connectivity index is 2.14. The van der Waals surface area contributed by atoms with Gasteiger partial charge in [-0.3, -0.25) is 24.2 Å². The molecule has 8 nitrogen and oxygen atoms in total. The van der Waals surface area contributed by atoms with Crippen LogP contribution in [0.15, 0.2) is 46.0 Å². The monoisotopic (exact) mass is 539 g/mol. The Labute approximate surface area is 217 Å². The summed E-state index contributed by atoms with van der Waals surface area (Å²) >= 11 is 8.95. The molecule has 0 aliphatic carbocycles. The van der Waals surface area contributed by atoms with Gasteiger partial charge in [0.25, 0.3) is 5.91 Å². The van der Waals surface area contributed by atoms with Crippen LogP contribution in [-0.4, -0.2) is 59.6 Å². The van der Waals surface area contributed by atoms with Gasteiger partial charge in [-0.2, -0.15) is 0 Å². The zero-order chi connectivity index (χ0) is 25.5. The summed E-state index contributed by atoms with van der Waals surface area (Å²) in [6.07, 6.45) is 3.39. The maximum atomic E-state index is 13.8. The molecule has 0 saturated heterocycles. The fraction of sp³-hybridized carbons (Fsp3) is 0.391. The van der Waals surface area contributed by atoms with Crippen molar-refractivity contribution in [1.29, 1.82) is 0 Å². The average molecular weight is 540 g/mol. The molecule has 0 bridgehead atoms. The number of carbonyl (C=O) groups excluding carboxylic acids is 2. The predicted octanol–water partition coefficient (Wildman–Crippen LogP) is 3.95. The molecule has 188 valence electrons. The minimum atomic E-state index is -0.818. The van der Waals surface area contributed by atoms with E-state index in [1.54, 1.807) is 26.3 Å². The molecule has 0 fully saturated rings. The van der Waals surface area contributed by atoms with Gasteiger partial charge in [0, 0.05) is 40.7 Å². The molecular weight excluding hydrogens is 513 g/mol. The number of rotatable bonds is 10. The van der Waals surface area contributed by atoms with E-state index in [9.17, 15) is 14.0 Å². The second kappa shape index (κ2) is 12.5. The molecule has 2 N–H and O–H groups in total. The molecule has 1 aromatic carbocycles. The number of aromatic nitrogens is 1. The number of nitrogens with one attached hydrogen (secondary N) is 2. The maximum Gasteiger partial charge on any atom is 0.323 e. The third-order valence-electron chi connectivity index (χ3n) is 5.40. The number of likely N-dealkylation sites (N-methyl/N-ethyl adjacent to an activating group) is 1. The van der Waals surface area contributed by atoms with E-state index in [-0.39, 0.29) is 30.1 Å². The van der Waals surface area contributed by atoms with Crippen molar-refractivity contribution in [3.63, 3.8) is 0 Å². The highest BCUT2D eigenvalue weighted by Crippen LogP contribution is 2.36. The first kappa shape index (κ1) is 27.1. The van der Waals surface area contributed by atoms with Gasteiger partial charge in [0.15, 0.2) is 10.8 Å². The number of amides is 1. The number of hydrogen-bond donors (Lipinski definition) is 2. The van der Waals surface area contributed by atoms with E-state index in [1.807, 2.05) is 17.2 Å². The molecule has 12 heteroatoms. The molecule has 0 saturated carbocycles. The van der Waals surface area contributed by atoms with Crippen molar-refractivity contribution in [3.05, 3.63) is 62.5 Å². The summed E-state index contributed by atoms with van der Waals surface area (Å²) in [6, 6.07) is 2.64. The lowest BCUT2D eigenvalue weighted by molar-refractivity contribution is -0.148. The van der Waals surface area contributed by atoms with Crippen LogP contribution in [0.25, 0.3) is 0 Å². The molecular formula is C23H27ClFN5O3S2. The van der Waals surface area contributed by atoms with E-state index in [1.165, 1.54) is 29.5 Å². The van der Waals surface area contributed by atoms with Crippen molar-refractivity contribution >= 4 is 52.6 Å². The summed E-state index contributed by atoms with van der Waals surface area (Å²) in [4.78, 5) is 36.8. The molecule has 1 aliphatic heterocycles. The van der Waals surface area contributed by atoms with E-state index in [2.05, 4.69) is 15.0 Å². The molecule has 0 spiro atoms. The van der Waals surface area contributed by atoms with Crippen molar-refractivity contribution in [1.82, 2.24) is 19.9 Å². The minimum absolute atomic E-state index is 0.153. The number of esters is 1. The normalized spacial score (nSPS) is 16.5. The van der Waals surface area contributed by atoms with Gasteiger partial charge in [-0.15, -0.1) is 11.3 Å². The zero-order valence-electron chi connectivity index (χ0n) is 19.8. The van der Waals surface area contributed by atoms with Crippen LogP contribution in [0.5, 0.6) is 0 Å². The van der Waals surface area contributed by atoms with Gasteiger partial charge < -0.3 is 10.1 Å². The summed E-state index contributed by atoms with van der Waals surface area (Å²) in [5.41, 5.74) is 1.34. The Morgan fingerprint density at radius 1 is 1.40 bits per heavy atom. The summed E-state index contributed by atoms with van der Waals surface area (Å²) in [5, 5.41) is 5.86. The number of aliphatic imine (C=N–C) groups is 1. The van der Waals surface area contributed by atoms with E-state index in [4.69, 9.17) is 21.3 Å². The Hall–Kier alpha value is -2.47. The molecule has 2 heterocycles. The molecule has 1 aliphatic rings. The Bertz CT molecular complexity index is 1130. The van der Waals surface area contributed by atoms with Crippen LogP contribution in [0.1, 0.15) is 37.4 Å². The maximum absolute atomic E-state index is 13.8. The number of halogens is 2. The number of amidine groups is 1. The summed E-state index contributed by atoms with van der Waals surface area (Å²) in [5.74, 6) is -0.752. The lowest BCUT2D eigenvalue weighted by Gasteiger charge is -2.32. The molecule has 2 unspecified atom stereocenters. The highest BCUT2D eigenvalue weighted by molar-refractivity contribution is 7.97. The van der Waals surface area contributed by atoms with Crippen molar-refractivity contribution in [2.45, 2.75) is 32.9 Å². The van der Waals surface area contributed by atoms with Crippen LogP contribution in [0.4, 0.5) is 4.39 Å². The Morgan fingerprint density at radius 3 is 2.77 bits per heavy atom. The first-order valence-corrected chi connectivity index (χ1v) is 13.5. The Morgan fingerprint density at radius 2 is 2.17 bits per heavy atom. The number of hydrogen-bond acceptors (Lipinski definition) is 9. The first-order chi connectivity index (χ1) is 16.8. The fourth-order valence-electron chi connectivity index (χ4n) is 3.67. The number of ether oxygens (including phenoxy) is 1. The van der Waals surface area contributed by atoms with Gasteiger partial charge in [0.1, 0.15) is 17.9 Å². The van der Waals surface area contributed by atoms with Crippen LogP contribution in [0, 0.1) is 5.82 Å². The van der Waals surface area contributed by atoms with Gasteiger partial charge in [-0.05, 0) is 32.5 Å². The van der Waals surface area contributed by atoms with Crippen LogP contribution >= 0.6 is 34.9 Å². The van der Waals surface area contributed by atoms with Crippen LogP contribution < -0.4 is 10.0 Å². The third kappa shape index (κ3) is 6.40. The lowest BCUT2D eigenvalue weighted by Crippen LogP contribution is -2.45. The van der Waals surface area contributed by atoms with Gasteiger partial charge >= 0.3 is 5.97 Å². The Kier molecular flexibility index (Phi) is 9.67. The van der Waals surface area contributed by atoms with Crippen LogP contribution in [0.3, 0.4) is 0 Å². The first-order valence-electron chi connectivity index (χ1n) is 11.0. The lowest BCUT2D eigenvalue weighted by atomic mass is 9.94. The molecule has 0 radical (unpaired) electrons. The molecule has 35 heavy (non-hydrogen) atoms. The van der Waals surface area contributed by atoms with Crippen molar-refractivity contribution in [2.75, 3.05) is 26.0 Å². The van der Waals surface area contributed by atoms with Gasteiger partial charge in [-0.25, -0.2) is 9.37 Å². The van der Waals surface area contributed by atoms with E-state index in [0.717, 1.165) is 11.9 Å². The molecule has 1 aromatic heterocycles. The zero-order valence-corrected chi connectivity index (χ0v) is 22.2. The quantitative estimate of drug-likeness (QED) is 0.348. The summed E-state index contributed by atoms with van der Waals surface area (Å²) < 4.78 is 21.8. The average Bonchev–Trinajstić information content (AvgIpc) is 3.37. The second-order valence-corrected chi connectivity index (χ2v) is 9.44. The molecule has 2 aromatic rings. The minimum Gasteiger partial charge on any atom is -0.465 e. The van der Waals surface area contributed by atoms with Crippen molar-refractivity contribution in [3.8, 4) is 0 Å². The molecule has 3 rings (SSSR count). The highest BCUT2D eigenvalue weighted by atomic mass is 35.5. The standard InChI is InChI=1S/C23H27ClFN5O3S2/c1-5-30(13(3)23(32)33-6-2)12-17-18(21(31)29-34-4)19(15-8-7-14(25)11-16(15)24)28-20(27-17)22-26-9-10-35-22/h7-11,13,19H,5-6,12H2,1-4H3,(H,27,28)(H,29,31). The molecule has 2 atom stereocenters. The second-order valence-electron chi connectivity index (χ2n) is 7.53. The van der Waals surface area contributed by atoms with Gasteiger partial charge in [0.2, 0.25) is 0 Å². The van der Waals surface area contributed by atoms with E-state index >= 15 is 0 Å². The number of thiazole rings is 1. The van der Waals surface area contributed by atoms with Crippen LogP contribution in [0.2, 0.25) is 5.02 Å². The van der Waals surface area contributed by atoms with E-state index < -0.39 is 17.9 Å². The number of benzene rings is 1. The topological polar surface area (TPSA) is 95.9 Å². The number of nitrogens with zero attached hydrogens (tertiary/aromatic N) is 3. The summed E-state index contributed by atoms with van der Waals surface area (Å²) in [6.45, 7) is 6.46. The number of carbonyl (C=O) groups is 2. The SMILES string of the molecule is CCOC(=O)C(C)N(CC)CC1=C(C(=O)NSC)C(c2ccc(F)cc2Cl)N=C(c2nccs2)N1. The van der Waals surface area contributed by atoms with Crippen molar-refractivity contribution in [2.24, 2.45) is 4.99 Å². The fourth-order valence-corrected chi connectivity index (χ4v) is 4.82. The highest BCUT2D eigenvalue weighted by Gasteiger charge is 2.34. The van der Waals surface area contributed by atoms with Crippen molar-refractivity contribution < 1.29 is 18.7 Å². The largest absolute Gasteiger partial charge is 0.465 e. The van der Waals surface area contributed by atoms with Gasteiger partial charge in [0.05, 0.1) is 12.2 Å². The smallest absolute Gasteiger partial charge is 0.323 e. The van der Waals surface area contributed by atoms with Crippen LogP contribution in [-0.2, 0) is 14.3 Å². The third-order valence-corrected chi connectivity index (χ3v) is 6.90. The predicted molar refractivity (Wildman–Crippen MR) is 138 cm³/mol. The molecule has 1 amide bonds. The van der Waals surface area contributed by atoms with Gasteiger partial charge in [-0.1, -0.05) is 36.5 Å². The van der Waals surface area contributed by atoms with E-state index in [0.29, 0.717) is 34.2 Å².